The first-order chi connectivity index (χ1) is 15.6. The molecule has 0 aliphatic heterocycles. The number of rotatable bonds is 9. The molecule has 2 N–H and O–H groups in total. The molecule has 2 amide bonds. The summed E-state index contributed by atoms with van der Waals surface area (Å²) in [4.78, 5) is 28.5. The van der Waals surface area contributed by atoms with Crippen LogP contribution in [0.15, 0.2) is 93.3 Å². The summed E-state index contributed by atoms with van der Waals surface area (Å²) in [6, 6.07) is 23.5. The second-order valence-corrected chi connectivity index (χ2v) is 11.2. The Balaban J connectivity index is 1.22. The fourth-order valence-corrected chi connectivity index (χ4v) is 6.17. The van der Waals surface area contributed by atoms with Gasteiger partial charge < -0.3 is 10.6 Å². The lowest BCUT2D eigenvalue weighted by molar-refractivity contribution is -0.116. The molecule has 8 heteroatoms. The zero-order valence-corrected chi connectivity index (χ0v) is 20.2. The minimum atomic E-state index is -0.00945. The normalized spacial score (nSPS) is 10.6. The van der Waals surface area contributed by atoms with Crippen LogP contribution in [-0.2, 0) is 22.4 Å². The molecule has 4 aromatic rings. The average molecular weight is 497 g/mol. The van der Waals surface area contributed by atoms with E-state index in [9.17, 15) is 9.59 Å². The lowest BCUT2D eigenvalue weighted by Crippen LogP contribution is -2.13. The van der Waals surface area contributed by atoms with Crippen molar-refractivity contribution in [3.63, 3.8) is 0 Å². The summed E-state index contributed by atoms with van der Waals surface area (Å²) in [5.74, 6) is -0.0189. The predicted molar refractivity (Wildman–Crippen MR) is 138 cm³/mol. The first-order valence-electron chi connectivity index (χ1n) is 9.83. The molecule has 0 saturated heterocycles. The second-order valence-electron chi connectivity index (χ2n) is 6.82. The Labute approximate surface area is 202 Å². The van der Waals surface area contributed by atoms with Crippen molar-refractivity contribution in [3.8, 4) is 0 Å². The van der Waals surface area contributed by atoms with Crippen LogP contribution in [-0.4, -0.2) is 11.8 Å². The molecule has 2 heterocycles. The quantitative estimate of drug-likeness (QED) is 0.246. The van der Waals surface area contributed by atoms with Crippen molar-refractivity contribution in [2.75, 3.05) is 10.6 Å². The van der Waals surface area contributed by atoms with Gasteiger partial charge in [-0.25, -0.2) is 0 Å². The van der Waals surface area contributed by atoms with Gasteiger partial charge in [0.1, 0.15) is 0 Å². The third-order valence-corrected chi connectivity index (χ3v) is 8.51. The SMILES string of the molecule is O=C(Cc1cccs1)Nc1ccc(SSc2ccc(NC(=O)Cc3cccs3)cc2)cc1. The Kier molecular flexibility index (Phi) is 8.06. The molecule has 0 unspecified atom stereocenters. The number of nitrogens with one attached hydrogen (secondary N) is 2. The Morgan fingerprint density at radius 3 is 1.38 bits per heavy atom. The van der Waals surface area contributed by atoms with Crippen molar-refractivity contribution < 1.29 is 9.59 Å². The number of hydrogen-bond donors (Lipinski definition) is 2. The Morgan fingerprint density at radius 1 is 0.625 bits per heavy atom. The highest BCUT2D eigenvalue weighted by molar-refractivity contribution is 8.76. The van der Waals surface area contributed by atoms with Gasteiger partial charge in [-0.3, -0.25) is 9.59 Å². The van der Waals surface area contributed by atoms with Crippen LogP contribution in [0.2, 0.25) is 0 Å². The summed E-state index contributed by atoms with van der Waals surface area (Å²) in [5.41, 5.74) is 1.59. The van der Waals surface area contributed by atoms with Gasteiger partial charge >= 0.3 is 0 Å². The largest absolute Gasteiger partial charge is 0.326 e. The Morgan fingerprint density at radius 2 is 1.03 bits per heavy atom. The number of carbonyl (C=O) groups excluding carboxylic acids is 2. The van der Waals surface area contributed by atoms with Crippen LogP contribution in [0.1, 0.15) is 9.75 Å². The van der Waals surface area contributed by atoms with E-state index in [0.29, 0.717) is 12.8 Å². The smallest absolute Gasteiger partial charge is 0.229 e. The molecule has 0 saturated carbocycles. The number of thiophene rings is 2. The van der Waals surface area contributed by atoms with Crippen molar-refractivity contribution >= 4 is 67.5 Å². The number of benzene rings is 2. The number of hydrogen-bond acceptors (Lipinski definition) is 6. The summed E-state index contributed by atoms with van der Waals surface area (Å²) in [6.45, 7) is 0. The van der Waals surface area contributed by atoms with Gasteiger partial charge in [-0.05, 0) is 71.4 Å². The minimum absolute atomic E-state index is 0.00945. The first-order valence-corrected chi connectivity index (χ1v) is 13.7. The molecular formula is C24H20N2O2S4. The van der Waals surface area contributed by atoms with Gasteiger partial charge in [0.2, 0.25) is 11.8 Å². The van der Waals surface area contributed by atoms with Crippen molar-refractivity contribution in [2.24, 2.45) is 0 Å². The molecule has 0 aliphatic rings. The molecule has 0 fully saturated rings. The summed E-state index contributed by atoms with van der Waals surface area (Å²) >= 11 is 3.17. The van der Waals surface area contributed by atoms with E-state index in [0.717, 1.165) is 30.9 Å². The predicted octanol–water partition coefficient (Wildman–Crippen LogP) is 6.97. The molecule has 2 aromatic heterocycles. The highest BCUT2D eigenvalue weighted by atomic mass is 33.1. The molecule has 4 rings (SSSR count). The van der Waals surface area contributed by atoms with E-state index in [2.05, 4.69) is 10.6 Å². The van der Waals surface area contributed by atoms with Crippen molar-refractivity contribution in [2.45, 2.75) is 22.6 Å². The van der Waals surface area contributed by atoms with Gasteiger partial charge in [-0.2, -0.15) is 0 Å². The first kappa shape index (κ1) is 22.7. The molecule has 0 spiro atoms. The standard InChI is InChI=1S/C24H20N2O2S4/c27-23(15-21-3-1-13-29-21)25-17-5-9-19(10-6-17)31-32-20-11-7-18(8-12-20)26-24(28)16-22-4-2-14-30-22/h1-14H,15-16H2,(H,25,27)(H,26,28). The van der Waals surface area contributed by atoms with Crippen LogP contribution >= 0.6 is 44.3 Å². The van der Waals surface area contributed by atoms with Crippen LogP contribution in [0.25, 0.3) is 0 Å². The second kappa shape index (κ2) is 11.4. The van der Waals surface area contributed by atoms with Crippen LogP contribution in [0.5, 0.6) is 0 Å². The molecule has 2 aromatic carbocycles. The maximum atomic E-state index is 12.1. The van der Waals surface area contributed by atoms with E-state index in [4.69, 9.17) is 0 Å². The van der Waals surface area contributed by atoms with Gasteiger partial charge in [0, 0.05) is 30.9 Å². The highest BCUT2D eigenvalue weighted by Crippen LogP contribution is 2.38. The number of amides is 2. The van der Waals surface area contributed by atoms with Crippen LogP contribution in [0.3, 0.4) is 0 Å². The third kappa shape index (κ3) is 7.00. The fraction of sp³-hybridized carbons (Fsp3) is 0.0833. The van der Waals surface area contributed by atoms with Gasteiger partial charge in [0.25, 0.3) is 0 Å². The molecular weight excluding hydrogens is 477 g/mol. The van der Waals surface area contributed by atoms with Gasteiger partial charge in [-0.15, -0.1) is 22.7 Å². The van der Waals surface area contributed by atoms with Crippen molar-refractivity contribution in [3.05, 3.63) is 93.3 Å². The Bertz CT molecular complexity index is 1050. The molecule has 0 bridgehead atoms. The van der Waals surface area contributed by atoms with Gasteiger partial charge in [0.15, 0.2) is 0 Å². The van der Waals surface area contributed by atoms with Crippen molar-refractivity contribution in [1.82, 2.24) is 0 Å². The summed E-state index contributed by atoms with van der Waals surface area (Å²) in [7, 11) is 3.29. The summed E-state index contributed by atoms with van der Waals surface area (Å²) in [5, 5.41) is 9.82. The third-order valence-electron chi connectivity index (χ3n) is 4.34. The lowest BCUT2D eigenvalue weighted by atomic mass is 10.3. The topological polar surface area (TPSA) is 58.2 Å². The fourth-order valence-electron chi connectivity index (χ4n) is 2.84. The van der Waals surface area contributed by atoms with Crippen LogP contribution in [0.4, 0.5) is 11.4 Å². The molecule has 0 aliphatic carbocycles. The number of anilines is 2. The van der Waals surface area contributed by atoms with E-state index >= 15 is 0 Å². The van der Waals surface area contributed by atoms with Crippen LogP contribution < -0.4 is 10.6 Å². The highest BCUT2D eigenvalue weighted by Gasteiger charge is 2.07. The zero-order chi connectivity index (χ0) is 22.2. The van der Waals surface area contributed by atoms with E-state index < -0.39 is 0 Å². The zero-order valence-electron chi connectivity index (χ0n) is 16.9. The van der Waals surface area contributed by atoms with E-state index in [1.54, 1.807) is 44.3 Å². The van der Waals surface area contributed by atoms with E-state index in [1.807, 2.05) is 83.6 Å². The van der Waals surface area contributed by atoms with E-state index in [1.165, 1.54) is 0 Å². The average Bonchev–Trinajstić information content (AvgIpc) is 3.48. The summed E-state index contributed by atoms with van der Waals surface area (Å²) < 4.78 is 0. The Hall–Kier alpha value is -2.52. The molecule has 4 nitrogen and oxygen atoms in total. The van der Waals surface area contributed by atoms with Gasteiger partial charge in [0.05, 0.1) is 12.8 Å². The minimum Gasteiger partial charge on any atom is -0.326 e. The monoisotopic (exact) mass is 496 g/mol. The molecule has 162 valence electrons. The maximum Gasteiger partial charge on any atom is 0.229 e. The lowest BCUT2D eigenvalue weighted by Gasteiger charge is -2.07. The maximum absolute atomic E-state index is 12.1. The number of carbonyl (C=O) groups is 2. The van der Waals surface area contributed by atoms with Crippen LogP contribution in [0, 0.1) is 0 Å². The molecule has 0 radical (unpaired) electrons. The summed E-state index contributed by atoms with van der Waals surface area (Å²) in [6.07, 6.45) is 0.795. The van der Waals surface area contributed by atoms with Gasteiger partial charge in [-0.1, -0.05) is 33.7 Å². The van der Waals surface area contributed by atoms with E-state index in [-0.39, 0.29) is 11.8 Å². The molecule has 0 atom stereocenters. The molecule has 32 heavy (non-hydrogen) atoms. The van der Waals surface area contributed by atoms with Crippen molar-refractivity contribution in [1.29, 1.82) is 0 Å².